The van der Waals surface area contributed by atoms with Crippen LogP contribution in [0.2, 0.25) is 0 Å². The van der Waals surface area contributed by atoms with Gasteiger partial charge in [-0.3, -0.25) is 9.78 Å². The van der Waals surface area contributed by atoms with Crippen molar-refractivity contribution in [2.45, 2.75) is 13.0 Å². The third kappa shape index (κ3) is 4.10. The Balaban J connectivity index is 1.85. The minimum absolute atomic E-state index is 0.0346. The first-order chi connectivity index (χ1) is 10.1. The number of carboxylic acid groups (broad SMARTS) is 1. The first-order valence-corrected chi connectivity index (χ1v) is 6.32. The van der Waals surface area contributed by atoms with E-state index < -0.39 is 5.97 Å². The van der Waals surface area contributed by atoms with Gasteiger partial charge >= 0.3 is 5.97 Å². The minimum Gasteiger partial charge on any atom is -0.476 e. The highest BCUT2D eigenvalue weighted by Gasteiger charge is 2.13. The van der Waals surface area contributed by atoms with Crippen molar-refractivity contribution in [3.05, 3.63) is 42.0 Å². The molecule has 2 heterocycles. The molecule has 0 aliphatic heterocycles. The summed E-state index contributed by atoms with van der Waals surface area (Å²) < 4.78 is 1.22. The molecule has 0 aromatic carbocycles. The molecule has 0 unspecified atom stereocenters. The molecule has 8 heteroatoms. The number of hydrogen-bond donors (Lipinski definition) is 1. The number of carbonyl (C=O) groups excluding carboxylic acids is 1. The van der Waals surface area contributed by atoms with Crippen molar-refractivity contribution in [1.29, 1.82) is 0 Å². The summed E-state index contributed by atoms with van der Waals surface area (Å²) >= 11 is 0. The lowest BCUT2D eigenvalue weighted by Gasteiger charge is -2.16. The van der Waals surface area contributed by atoms with E-state index in [2.05, 4.69) is 15.3 Å². The minimum atomic E-state index is -1.17. The highest BCUT2D eigenvalue weighted by molar-refractivity contribution is 5.84. The second-order valence-electron chi connectivity index (χ2n) is 4.53. The summed E-state index contributed by atoms with van der Waals surface area (Å²) in [5.41, 5.74) is 0.917. The second-order valence-corrected chi connectivity index (χ2v) is 4.53. The largest absolute Gasteiger partial charge is 0.476 e. The number of aromatic carboxylic acids is 1. The molecule has 0 atom stereocenters. The molecular weight excluding hydrogens is 274 g/mol. The Hall–Kier alpha value is -2.77. The third-order valence-corrected chi connectivity index (χ3v) is 2.97. The van der Waals surface area contributed by atoms with E-state index in [1.165, 1.54) is 10.9 Å². The fourth-order valence-corrected chi connectivity index (χ4v) is 1.70. The zero-order valence-corrected chi connectivity index (χ0v) is 11.5. The van der Waals surface area contributed by atoms with Crippen LogP contribution >= 0.6 is 0 Å². The molecule has 0 spiro atoms. The van der Waals surface area contributed by atoms with Gasteiger partial charge in [0.15, 0.2) is 5.69 Å². The molecule has 21 heavy (non-hydrogen) atoms. The fourth-order valence-electron chi connectivity index (χ4n) is 1.70. The van der Waals surface area contributed by atoms with Crippen LogP contribution in [0.1, 0.15) is 16.1 Å². The van der Waals surface area contributed by atoms with Gasteiger partial charge in [0, 0.05) is 26.0 Å². The number of aromatic nitrogens is 4. The molecule has 0 fully saturated rings. The molecule has 8 nitrogen and oxygen atoms in total. The number of amides is 1. The average Bonchev–Trinajstić information content (AvgIpc) is 2.94. The van der Waals surface area contributed by atoms with E-state index in [1.807, 2.05) is 12.1 Å². The number of carbonyl (C=O) groups is 2. The van der Waals surface area contributed by atoms with Crippen molar-refractivity contribution >= 4 is 11.9 Å². The Bertz CT molecular complexity index is 626. The van der Waals surface area contributed by atoms with Crippen LogP contribution in [0.15, 0.2) is 30.7 Å². The predicted octanol–water partition coefficient (Wildman–Crippen LogP) is 0.0724. The highest BCUT2D eigenvalue weighted by Crippen LogP contribution is 2.00. The van der Waals surface area contributed by atoms with Gasteiger partial charge in [-0.1, -0.05) is 5.21 Å². The van der Waals surface area contributed by atoms with Crippen LogP contribution in [0, 0.1) is 0 Å². The Morgan fingerprint density at radius 2 is 2.05 bits per heavy atom. The molecule has 0 saturated carbocycles. The van der Waals surface area contributed by atoms with Crippen molar-refractivity contribution in [3.8, 4) is 0 Å². The first kappa shape index (κ1) is 14.6. The molecule has 2 rings (SSSR count). The topological polar surface area (TPSA) is 101 Å². The van der Waals surface area contributed by atoms with Crippen molar-refractivity contribution < 1.29 is 14.7 Å². The molecular formula is C13H15N5O3. The van der Waals surface area contributed by atoms with Gasteiger partial charge in [0.2, 0.25) is 5.91 Å². The summed E-state index contributed by atoms with van der Waals surface area (Å²) in [6, 6.07) is 3.80. The summed E-state index contributed by atoms with van der Waals surface area (Å²) in [6.45, 7) is 0.524. The zero-order valence-electron chi connectivity index (χ0n) is 11.5. The van der Waals surface area contributed by atoms with E-state index in [0.717, 1.165) is 12.0 Å². The SMILES string of the molecule is CN(CCc1ccncc1)C(=O)Cn1cc(C(=O)O)nn1. The van der Waals surface area contributed by atoms with Gasteiger partial charge in [0.05, 0.1) is 6.20 Å². The number of likely N-dealkylation sites (N-methyl/N-ethyl adjacent to an activating group) is 1. The highest BCUT2D eigenvalue weighted by atomic mass is 16.4. The average molecular weight is 289 g/mol. The lowest BCUT2D eigenvalue weighted by atomic mass is 10.2. The second kappa shape index (κ2) is 6.60. The maximum atomic E-state index is 12.0. The van der Waals surface area contributed by atoms with Crippen LogP contribution in [-0.4, -0.2) is 55.5 Å². The number of rotatable bonds is 6. The Labute approximate surface area is 121 Å². The maximum absolute atomic E-state index is 12.0. The van der Waals surface area contributed by atoms with Gasteiger partial charge in [0.1, 0.15) is 6.54 Å². The molecule has 0 aliphatic carbocycles. The van der Waals surface area contributed by atoms with Crippen molar-refractivity contribution in [2.75, 3.05) is 13.6 Å². The van der Waals surface area contributed by atoms with Crippen LogP contribution in [0.3, 0.4) is 0 Å². The molecule has 2 aromatic heterocycles. The zero-order chi connectivity index (χ0) is 15.2. The van der Waals surface area contributed by atoms with Crippen LogP contribution in [0.5, 0.6) is 0 Å². The Kier molecular flexibility index (Phi) is 4.60. The molecule has 1 amide bonds. The van der Waals surface area contributed by atoms with Gasteiger partial charge in [-0.25, -0.2) is 9.48 Å². The molecule has 1 N–H and O–H groups in total. The molecule has 110 valence electrons. The molecule has 0 aliphatic rings. The van der Waals surface area contributed by atoms with E-state index in [1.54, 1.807) is 24.3 Å². The quantitative estimate of drug-likeness (QED) is 0.807. The van der Waals surface area contributed by atoms with E-state index in [9.17, 15) is 9.59 Å². The third-order valence-electron chi connectivity index (χ3n) is 2.97. The van der Waals surface area contributed by atoms with Crippen LogP contribution < -0.4 is 0 Å². The van der Waals surface area contributed by atoms with Crippen LogP contribution in [-0.2, 0) is 17.8 Å². The Morgan fingerprint density at radius 1 is 1.33 bits per heavy atom. The number of nitrogens with zero attached hydrogens (tertiary/aromatic N) is 5. The van der Waals surface area contributed by atoms with Crippen LogP contribution in [0.25, 0.3) is 0 Å². The fraction of sp³-hybridized carbons (Fsp3) is 0.308. The lowest BCUT2D eigenvalue weighted by molar-refractivity contribution is -0.130. The monoisotopic (exact) mass is 289 g/mol. The summed E-state index contributed by atoms with van der Waals surface area (Å²) in [4.78, 5) is 28.2. The normalized spacial score (nSPS) is 10.3. The smallest absolute Gasteiger partial charge is 0.358 e. The van der Waals surface area contributed by atoms with Gasteiger partial charge < -0.3 is 10.0 Å². The van der Waals surface area contributed by atoms with Crippen molar-refractivity contribution in [1.82, 2.24) is 24.9 Å². The summed E-state index contributed by atoms with van der Waals surface area (Å²) in [5, 5.41) is 15.8. The standard InChI is InChI=1S/C13H15N5O3/c1-17(7-4-10-2-5-14-6-3-10)12(19)9-18-8-11(13(20)21)15-16-18/h2-3,5-6,8H,4,7,9H2,1H3,(H,20,21). The van der Waals surface area contributed by atoms with Gasteiger partial charge in [0.25, 0.3) is 0 Å². The molecule has 0 saturated heterocycles. The summed E-state index contributed by atoms with van der Waals surface area (Å²) in [6.07, 6.45) is 5.37. The molecule has 0 bridgehead atoms. The van der Waals surface area contributed by atoms with Gasteiger partial charge in [-0.15, -0.1) is 5.10 Å². The van der Waals surface area contributed by atoms with E-state index >= 15 is 0 Å². The Morgan fingerprint density at radius 3 is 2.67 bits per heavy atom. The van der Waals surface area contributed by atoms with E-state index in [-0.39, 0.29) is 18.1 Å². The number of carboxylic acids is 1. The molecule has 0 radical (unpaired) electrons. The molecule has 2 aromatic rings. The van der Waals surface area contributed by atoms with Crippen molar-refractivity contribution in [2.24, 2.45) is 0 Å². The number of pyridine rings is 1. The van der Waals surface area contributed by atoms with Gasteiger partial charge in [-0.2, -0.15) is 0 Å². The van der Waals surface area contributed by atoms with Crippen LogP contribution in [0.4, 0.5) is 0 Å². The summed E-state index contributed by atoms with van der Waals surface area (Å²) in [7, 11) is 1.69. The van der Waals surface area contributed by atoms with E-state index in [0.29, 0.717) is 6.54 Å². The first-order valence-electron chi connectivity index (χ1n) is 6.32. The predicted molar refractivity (Wildman–Crippen MR) is 72.6 cm³/mol. The number of hydrogen-bond acceptors (Lipinski definition) is 5. The maximum Gasteiger partial charge on any atom is 0.358 e. The van der Waals surface area contributed by atoms with E-state index in [4.69, 9.17) is 5.11 Å². The lowest BCUT2D eigenvalue weighted by Crippen LogP contribution is -2.32. The van der Waals surface area contributed by atoms with Gasteiger partial charge in [-0.05, 0) is 24.1 Å². The van der Waals surface area contributed by atoms with Crippen molar-refractivity contribution in [3.63, 3.8) is 0 Å². The summed E-state index contributed by atoms with van der Waals surface area (Å²) in [5.74, 6) is -1.33.